The van der Waals surface area contributed by atoms with Gasteiger partial charge in [-0.05, 0) is 56.3 Å². The summed E-state index contributed by atoms with van der Waals surface area (Å²) in [6.45, 7) is 6.73. The average molecular weight is 418 g/mol. The molecule has 0 amide bonds. The van der Waals surface area contributed by atoms with Crippen molar-refractivity contribution in [3.63, 3.8) is 0 Å². The summed E-state index contributed by atoms with van der Waals surface area (Å²) in [5.74, 6) is 0.619. The zero-order chi connectivity index (χ0) is 20.7. The summed E-state index contributed by atoms with van der Waals surface area (Å²) in [6.07, 6.45) is 5.53. The highest BCUT2D eigenvalue weighted by Crippen LogP contribution is 2.72. The first kappa shape index (κ1) is 19.7. The molecule has 2 saturated heterocycles. The number of Topliss-reactive ketones (excluding diaryl/α,β-unsaturated/α-hetero) is 1. The van der Waals surface area contributed by atoms with Crippen LogP contribution >= 0.6 is 0 Å². The molecule has 0 aromatic heterocycles. The van der Waals surface area contributed by atoms with E-state index < -0.39 is 16.9 Å². The normalized spacial score (nSPS) is 53.1. The molecule has 7 rings (SSSR count). The fourth-order valence-corrected chi connectivity index (χ4v) is 9.00. The number of carbonyl (C=O) groups excluding carboxylic acids is 2. The minimum atomic E-state index is -0.739. The van der Waals surface area contributed by atoms with E-state index in [4.69, 9.17) is 9.47 Å². The minimum Gasteiger partial charge on any atom is -0.465 e. The molecule has 6 nitrogen and oxygen atoms in total. The van der Waals surface area contributed by atoms with Gasteiger partial charge in [0.1, 0.15) is 5.78 Å². The predicted molar refractivity (Wildman–Crippen MR) is 108 cm³/mol. The summed E-state index contributed by atoms with van der Waals surface area (Å²) in [6, 6.07) is 0. The topological polar surface area (TPSA) is 76.1 Å². The van der Waals surface area contributed by atoms with E-state index in [1.807, 2.05) is 0 Å². The number of aliphatic hydroxyl groups is 1. The highest BCUT2D eigenvalue weighted by molar-refractivity contribution is 5.92. The molecule has 2 unspecified atom stereocenters. The van der Waals surface area contributed by atoms with E-state index in [0.29, 0.717) is 18.9 Å². The molecule has 4 bridgehead atoms. The van der Waals surface area contributed by atoms with E-state index in [-0.39, 0.29) is 34.9 Å². The first-order valence-electron chi connectivity index (χ1n) is 12.1. The van der Waals surface area contributed by atoms with Crippen LogP contribution < -0.4 is 0 Å². The first-order chi connectivity index (χ1) is 14.4. The number of rotatable bonds is 2. The molecule has 0 aromatic carbocycles. The van der Waals surface area contributed by atoms with Crippen molar-refractivity contribution in [1.29, 1.82) is 0 Å². The Labute approximate surface area is 178 Å². The molecule has 6 heteroatoms. The Balaban J connectivity index is 1.38. The van der Waals surface area contributed by atoms with Crippen LogP contribution in [-0.4, -0.2) is 67.3 Å². The minimum absolute atomic E-state index is 0.00900. The number of aliphatic hydroxyl groups excluding tert-OH is 1. The van der Waals surface area contributed by atoms with Crippen LogP contribution in [0, 0.1) is 39.9 Å². The van der Waals surface area contributed by atoms with Gasteiger partial charge in [0.2, 0.25) is 0 Å². The molecule has 30 heavy (non-hydrogen) atoms. The fourth-order valence-electron chi connectivity index (χ4n) is 9.00. The largest absolute Gasteiger partial charge is 0.465 e. The van der Waals surface area contributed by atoms with E-state index in [1.165, 1.54) is 0 Å². The molecule has 0 radical (unpaired) electrons. The molecule has 5 saturated carbocycles. The number of carbonyl (C=O) groups is 2. The van der Waals surface area contributed by atoms with Gasteiger partial charge in [0.05, 0.1) is 36.8 Å². The number of ether oxygens (including phenoxy) is 2. The average Bonchev–Trinajstić information content (AvgIpc) is 2.75. The molecule has 2 aliphatic heterocycles. The Morgan fingerprint density at radius 1 is 1.07 bits per heavy atom. The van der Waals surface area contributed by atoms with Gasteiger partial charge in [-0.25, -0.2) is 0 Å². The highest BCUT2D eigenvalue weighted by atomic mass is 16.5. The molecule has 5 aliphatic carbocycles. The molecule has 8 atom stereocenters. The van der Waals surface area contributed by atoms with Gasteiger partial charge < -0.3 is 14.6 Å². The van der Waals surface area contributed by atoms with Crippen LogP contribution in [-0.2, 0) is 19.1 Å². The lowest BCUT2D eigenvalue weighted by Gasteiger charge is -2.70. The van der Waals surface area contributed by atoms with Gasteiger partial charge in [0, 0.05) is 31.0 Å². The van der Waals surface area contributed by atoms with Crippen molar-refractivity contribution in [3.05, 3.63) is 0 Å². The Bertz CT molecular complexity index is 765. The van der Waals surface area contributed by atoms with Gasteiger partial charge in [0.25, 0.3) is 0 Å². The maximum absolute atomic E-state index is 14.1. The number of fused-ring (bicyclic) bond motifs is 2. The fraction of sp³-hybridized carbons (Fsp3) is 0.917. The summed E-state index contributed by atoms with van der Waals surface area (Å²) in [5.41, 5.74) is -1.35. The van der Waals surface area contributed by atoms with Crippen LogP contribution in [0.3, 0.4) is 0 Å². The summed E-state index contributed by atoms with van der Waals surface area (Å²) >= 11 is 0. The number of ketones is 1. The monoisotopic (exact) mass is 417 g/mol. The van der Waals surface area contributed by atoms with Crippen LogP contribution in [0.15, 0.2) is 0 Å². The second kappa shape index (κ2) is 6.52. The van der Waals surface area contributed by atoms with Gasteiger partial charge in [-0.1, -0.05) is 13.3 Å². The highest BCUT2D eigenvalue weighted by Gasteiger charge is 2.76. The predicted octanol–water partition coefficient (Wildman–Crippen LogP) is 2.03. The van der Waals surface area contributed by atoms with Crippen molar-refractivity contribution in [2.24, 2.45) is 39.9 Å². The molecule has 1 spiro atoms. The molecule has 166 valence electrons. The zero-order valence-electron chi connectivity index (χ0n) is 18.1. The molecule has 0 aromatic rings. The second-order valence-corrected chi connectivity index (χ2v) is 11.4. The lowest BCUT2D eigenvalue weighted by molar-refractivity contribution is -0.262. The third-order valence-corrected chi connectivity index (χ3v) is 10.4. The van der Waals surface area contributed by atoms with Crippen molar-refractivity contribution in [3.8, 4) is 0 Å². The number of hydrogen-bond donors (Lipinski definition) is 1. The van der Waals surface area contributed by atoms with Crippen molar-refractivity contribution >= 4 is 11.8 Å². The summed E-state index contributed by atoms with van der Waals surface area (Å²) in [4.78, 5) is 29.8. The van der Waals surface area contributed by atoms with E-state index >= 15 is 0 Å². The Morgan fingerprint density at radius 3 is 2.67 bits per heavy atom. The number of esters is 1. The van der Waals surface area contributed by atoms with E-state index in [1.54, 1.807) is 0 Å². The molecule has 1 N–H and O–H groups in total. The van der Waals surface area contributed by atoms with Crippen molar-refractivity contribution < 1.29 is 24.2 Å². The van der Waals surface area contributed by atoms with Gasteiger partial charge in [0.15, 0.2) is 0 Å². The van der Waals surface area contributed by atoms with E-state index in [2.05, 4.69) is 11.8 Å². The summed E-state index contributed by atoms with van der Waals surface area (Å²) < 4.78 is 11.3. The molecule has 2 heterocycles. The molecule has 7 fully saturated rings. The number of morpholine rings is 1. The van der Waals surface area contributed by atoms with Crippen LogP contribution in [0.25, 0.3) is 0 Å². The number of hydrogen-bond acceptors (Lipinski definition) is 6. The number of cyclic esters (lactones) is 1. The number of nitrogens with zero attached hydrogens (tertiary/aromatic N) is 1. The van der Waals surface area contributed by atoms with E-state index in [9.17, 15) is 14.7 Å². The molecule has 7 aliphatic rings. The third kappa shape index (κ3) is 2.31. The Kier molecular flexibility index (Phi) is 4.28. The summed E-state index contributed by atoms with van der Waals surface area (Å²) in [5, 5.41) is 11.6. The maximum atomic E-state index is 14.1. The van der Waals surface area contributed by atoms with Gasteiger partial charge in [-0.2, -0.15) is 0 Å². The van der Waals surface area contributed by atoms with Crippen molar-refractivity contribution in [2.75, 3.05) is 39.5 Å². The SMILES string of the molecule is C[C@]12CCC[C@]3(C(=O)OC1)C2C[C@@H](O)[C@@]12CC[C@@H](CC31)[C@H](CN1CCOCC1)C2=O. The van der Waals surface area contributed by atoms with Crippen LogP contribution in [0.5, 0.6) is 0 Å². The second-order valence-electron chi connectivity index (χ2n) is 11.4. The standard InChI is InChI=1S/C24H35NO5/c1-22-4-2-5-23(21(28)30-14-22)17(22)12-19(26)24-6-3-15(11-18(23)24)16(20(24)27)13-25-7-9-29-10-8-25/h15-19,26H,2-14H2,1H3/t15-,16-,17?,18?,19+,22-,23-,24+/m0/s1. The first-order valence-corrected chi connectivity index (χ1v) is 12.1. The quantitative estimate of drug-likeness (QED) is 0.693. The Morgan fingerprint density at radius 2 is 1.87 bits per heavy atom. The van der Waals surface area contributed by atoms with Crippen LogP contribution in [0.4, 0.5) is 0 Å². The maximum Gasteiger partial charge on any atom is 0.312 e. The lowest BCUT2D eigenvalue weighted by atomic mass is 9.34. The van der Waals surface area contributed by atoms with Crippen molar-refractivity contribution in [1.82, 2.24) is 4.90 Å². The van der Waals surface area contributed by atoms with Crippen molar-refractivity contribution in [2.45, 2.75) is 58.0 Å². The van der Waals surface area contributed by atoms with Gasteiger partial charge in [-0.15, -0.1) is 0 Å². The van der Waals surface area contributed by atoms with E-state index in [0.717, 1.165) is 71.4 Å². The lowest BCUT2D eigenvalue weighted by Crippen LogP contribution is -2.74. The van der Waals surface area contributed by atoms with Crippen LogP contribution in [0.1, 0.15) is 51.9 Å². The van der Waals surface area contributed by atoms with Gasteiger partial charge in [-0.3, -0.25) is 14.5 Å². The Hall–Kier alpha value is -0.980. The summed E-state index contributed by atoms with van der Waals surface area (Å²) in [7, 11) is 0. The smallest absolute Gasteiger partial charge is 0.312 e. The molecular weight excluding hydrogens is 382 g/mol. The third-order valence-electron chi connectivity index (χ3n) is 10.4. The molecular formula is C24H35NO5. The van der Waals surface area contributed by atoms with Crippen LogP contribution in [0.2, 0.25) is 0 Å². The van der Waals surface area contributed by atoms with Gasteiger partial charge >= 0.3 is 5.97 Å². The zero-order valence-corrected chi connectivity index (χ0v) is 18.1.